The van der Waals surface area contributed by atoms with E-state index in [9.17, 15) is 4.79 Å². The summed E-state index contributed by atoms with van der Waals surface area (Å²) >= 11 is 7.68. The minimum Gasteiger partial charge on any atom is -0.333 e. The van der Waals surface area contributed by atoms with Gasteiger partial charge in [-0.05, 0) is 29.5 Å². The van der Waals surface area contributed by atoms with E-state index in [1.807, 2.05) is 40.6 Å². The minimum atomic E-state index is 0.112. The molecule has 0 unspecified atom stereocenters. The Morgan fingerprint density at radius 1 is 1.28 bits per heavy atom. The van der Waals surface area contributed by atoms with Crippen LogP contribution in [-0.2, 0) is 13.0 Å². The van der Waals surface area contributed by atoms with Gasteiger partial charge in [0.25, 0.3) is 5.91 Å². The lowest BCUT2D eigenvalue weighted by Gasteiger charge is -2.28. The van der Waals surface area contributed by atoms with E-state index >= 15 is 0 Å². The molecule has 1 amide bonds. The molecular formula is C14H12ClNOS. The molecule has 0 spiro atoms. The van der Waals surface area contributed by atoms with Crippen LogP contribution in [0.25, 0.3) is 0 Å². The van der Waals surface area contributed by atoms with E-state index in [4.69, 9.17) is 11.6 Å². The van der Waals surface area contributed by atoms with Gasteiger partial charge in [0.2, 0.25) is 0 Å². The molecule has 1 aromatic carbocycles. The number of halogens is 1. The van der Waals surface area contributed by atoms with Gasteiger partial charge in [-0.1, -0.05) is 29.8 Å². The molecule has 92 valence electrons. The van der Waals surface area contributed by atoms with Crippen LogP contribution in [0.2, 0.25) is 5.02 Å². The van der Waals surface area contributed by atoms with Gasteiger partial charge < -0.3 is 4.90 Å². The molecule has 2 heterocycles. The number of amides is 1. The van der Waals surface area contributed by atoms with Crippen molar-refractivity contribution in [3.8, 4) is 0 Å². The molecule has 18 heavy (non-hydrogen) atoms. The van der Waals surface area contributed by atoms with Crippen molar-refractivity contribution >= 4 is 28.8 Å². The van der Waals surface area contributed by atoms with Crippen molar-refractivity contribution in [3.63, 3.8) is 0 Å². The van der Waals surface area contributed by atoms with Gasteiger partial charge in [-0.15, -0.1) is 11.3 Å². The van der Waals surface area contributed by atoms with Crippen molar-refractivity contribution in [1.82, 2.24) is 4.90 Å². The Balaban J connectivity index is 1.85. The molecule has 0 radical (unpaired) electrons. The number of hydrogen-bond donors (Lipinski definition) is 0. The average molecular weight is 278 g/mol. The van der Waals surface area contributed by atoms with Crippen LogP contribution in [0.15, 0.2) is 35.7 Å². The van der Waals surface area contributed by atoms with E-state index in [1.54, 1.807) is 11.3 Å². The fraction of sp³-hybridized carbons (Fsp3) is 0.214. The van der Waals surface area contributed by atoms with E-state index in [0.717, 1.165) is 34.0 Å². The SMILES string of the molecule is O=C1c2ccccc2CCN1Cc1sccc1Cl. The maximum atomic E-state index is 12.3. The third-order valence-electron chi connectivity index (χ3n) is 3.21. The van der Waals surface area contributed by atoms with E-state index < -0.39 is 0 Å². The first-order chi connectivity index (χ1) is 8.75. The molecule has 2 aromatic rings. The van der Waals surface area contributed by atoms with Crippen molar-refractivity contribution in [2.45, 2.75) is 13.0 Å². The van der Waals surface area contributed by atoms with Crippen LogP contribution in [0.1, 0.15) is 20.8 Å². The molecule has 1 aliphatic heterocycles. The summed E-state index contributed by atoms with van der Waals surface area (Å²) in [4.78, 5) is 15.3. The third-order valence-corrected chi connectivity index (χ3v) is 4.58. The summed E-state index contributed by atoms with van der Waals surface area (Å²) in [6.45, 7) is 1.38. The minimum absolute atomic E-state index is 0.112. The van der Waals surface area contributed by atoms with Crippen LogP contribution in [0, 0.1) is 0 Å². The Morgan fingerprint density at radius 2 is 2.11 bits per heavy atom. The Morgan fingerprint density at radius 3 is 2.89 bits per heavy atom. The zero-order chi connectivity index (χ0) is 12.5. The normalized spacial score (nSPS) is 14.7. The van der Waals surface area contributed by atoms with E-state index in [-0.39, 0.29) is 5.91 Å². The van der Waals surface area contributed by atoms with Crippen molar-refractivity contribution < 1.29 is 4.79 Å². The molecule has 3 rings (SSSR count). The molecular weight excluding hydrogens is 266 g/mol. The molecule has 1 aliphatic rings. The fourth-order valence-electron chi connectivity index (χ4n) is 2.24. The first-order valence-electron chi connectivity index (χ1n) is 5.85. The highest BCUT2D eigenvalue weighted by molar-refractivity contribution is 7.10. The summed E-state index contributed by atoms with van der Waals surface area (Å²) in [5.41, 5.74) is 1.98. The number of fused-ring (bicyclic) bond motifs is 1. The van der Waals surface area contributed by atoms with Crippen LogP contribution < -0.4 is 0 Å². The number of hydrogen-bond acceptors (Lipinski definition) is 2. The van der Waals surface area contributed by atoms with Crippen molar-refractivity contribution in [3.05, 3.63) is 56.7 Å². The molecule has 0 saturated heterocycles. The molecule has 0 fully saturated rings. The molecule has 0 aliphatic carbocycles. The fourth-order valence-corrected chi connectivity index (χ4v) is 3.35. The van der Waals surface area contributed by atoms with Gasteiger partial charge in [0.15, 0.2) is 0 Å². The average Bonchev–Trinajstić information content (AvgIpc) is 2.79. The number of nitrogens with zero attached hydrogens (tertiary/aromatic N) is 1. The predicted octanol–water partition coefficient (Wildman–Crippen LogP) is 3.60. The second kappa shape index (κ2) is 4.75. The molecule has 2 nitrogen and oxygen atoms in total. The Hall–Kier alpha value is -1.32. The Kier molecular flexibility index (Phi) is 3.10. The molecule has 0 atom stereocenters. The number of carbonyl (C=O) groups excluding carboxylic acids is 1. The largest absolute Gasteiger partial charge is 0.333 e. The summed E-state index contributed by atoms with van der Waals surface area (Å²) in [5.74, 6) is 0.112. The smallest absolute Gasteiger partial charge is 0.254 e. The Bertz CT molecular complexity index is 593. The van der Waals surface area contributed by atoms with Gasteiger partial charge in [0.05, 0.1) is 11.6 Å². The monoisotopic (exact) mass is 277 g/mol. The van der Waals surface area contributed by atoms with Crippen LogP contribution in [-0.4, -0.2) is 17.4 Å². The predicted molar refractivity (Wildman–Crippen MR) is 74.2 cm³/mol. The second-order valence-electron chi connectivity index (χ2n) is 4.33. The molecule has 1 aromatic heterocycles. The molecule has 0 bridgehead atoms. The zero-order valence-corrected chi connectivity index (χ0v) is 11.3. The van der Waals surface area contributed by atoms with Gasteiger partial charge in [0.1, 0.15) is 0 Å². The van der Waals surface area contributed by atoms with Gasteiger partial charge in [-0.3, -0.25) is 4.79 Å². The quantitative estimate of drug-likeness (QED) is 0.821. The zero-order valence-electron chi connectivity index (χ0n) is 9.73. The number of thiophene rings is 1. The van der Waals surface area contributed by atoms with E-state index in [1.165, 1.54) is 0 Å². The van der Waals surface area contributed by atoms with Crippen LogP contribution in [0.5, 0.6) is 0 Å². The maximum Gasteiger partial charge on any atom is 0.254 e. The van der Waals surface area contributed by atoms with Crippen molar-refractivity contribution in [2.75, 3.05) is 6.54 Å². The molecule has 4 heteroatoms. The molecule has 0 saturated carbocycles. The van der Waals surface area contributed by atoms with Crippen molar-refractivity contribution in [1.29, 1.82) is 0 Å². The highest BCUT2D eigenvalue weighted by Gasteiger charge is 2.24. The highest BCUT2D eigenvalue weighted by atomic mass is 35.5. The van der Waals surface area contributed by atoms with E-state index in [0.29, 0.717) is 6.54 Å². The highest BCUT2D eigenvalue weighted by Crippen LogP contribution is 2.26. The number of carbonyl (C=O) groups is 1. The first-order valence-corrected chi connectivity index (χ1v) is 7.10. The number of benzene rings is 1. The summed E-state index contributed by atoms with van der Waals surface area (Å²) in [6.07, 6.45) is 0.922. The maximum absolute atomic E-state index is 12.3. The summed E-state index contributed by atoms with van der Waals surface area (Å²) in [6, 6.07) is 9.71. The lowest BCUT2D eigenvalue weighted by Crippen LogP contribution is -2.36. The van der Waals surface area contributed by atoms with Crippen LogP contribution in [0.3, 0.4) is 0 Å². The van der Waals surface area contributed by atoms with Gasteiger partial charge in [0, 0.05) is 17.0 Å². The second-order valence-corrected chi connectivity index (χ2v) is 5.73. The van der Waals surface area contributed by atoms with Crippen LogP contribution >= 0.6 is 22.9 Å². The van der Waals surface area contributed by atoms with Gasteiger partial charge in [-0.25, -0.2) is 0 Å². The van der Waals surface area contributed by atoms with Gasteiger partial charge in [-0.2, -0.15) is 0 Å². The number of rotatable bonds is 2. The van der Waals surface area contributed by atoms with Crippen LogP contribution in [0.4, 0.5) is 0 Å². The summed E-state index contributed by atoms with van der Waals surface area (Å²) < 4.78 is 0. The lowest BCUT2D eigenvalue weighted by atomic mass is 9.99. The topological polar surface area (TPSA) is 20.3 Å². The van der Waals surface area contributed by atoms with Gasteiger partial charge >= 0.3 is 0 Å². The van der Waals surface area contributed by atoms with Crippen molar-refractivity contribution in [2.24, 2.45) is 0 Å². The van der Waals surface area contributed by atoms with E-state index in [2.05, 4.69) is 0 Å². The molecule has 0 N–H and O–H groups in total. The third kappa shape index (κ3) is 2.04. The first kappa shape index (κ1) is 11.8. The summed E-state index contributed by atoms with van der Waals surface area (Å²) in [5, 5.41) is 2.71. The standard InChI is InChI=1S/C14H12ClNOS/c15-12-6-8-18-13(12)9-16-7-5-10-3-1-2-4-11(10)14(16)17/h1-4,6,8H,5,7,9H2. The summed E-state index contributed by atoms with van der Waals surface area (Å²) in [7, 11) is 0. The lowest BCUT2D eigenvalue weighted by molar-refractivity contribution is 0.0729. The Labute approximate surface area is 115 Å².